The van der Waals surface area contributed by atoms with Gasteiger partial charge in [-0.3, -0.25) is 0 Å². The van der Waals surface area contributed by atoms with Crippen molar-refractivity contribution in [1.82, 2.24) is 5.32 Å². The number of hydrogen-bond donors (Lipinski definition) is 1. The van der Waals surface area contributed by atoms with Crippen molar-refractivity contribution in [3.8, 4) is 0 Å². The van der Waals surface area contributed by atoms with Crippen LogP contribution in [0.2, 0.25) is 0 Å². The molecule has 112 valence electrons. The Labute approximate surface area is 119 Å². The summed E-state index contributed by atoms with van der Waals surface area (Å²) in [5, 5.41) is 3.34. The Hall–Kier alpha value is -1.17. The summed E-state index contributed by atoms with van der Waals surface area (Å²) in [5.41, 5.74) is 1.79. The molecule has 0 bridgehead atoms. The maximum atomic E-state index is 13.9. The van der Waals surface area contributed by atoms with Crippen LogP contribution in [0.15, 0.2) is 18.2 Å². The third-order valence-corrected chi connectivity index (χ3v) is 3.39. The molecule has 1 heterocycles. The van der Waals surface area contributed by atoms with Gasteiger partial charge in [0.2, 0.25) is 0 Å². The lowest BCUT2D eigenvalue weighted by Crippen LogP contribution is -2.36. The molecule has 5 heteroatoms. The molecule has 4 nitrogen and oxygen atoms in total. The van der Waals surface area contributed by atoms with Gasteiger partial charge in [-0.2, -0.15) is 0 Å². The fourth-order valence-electron chi connectivity index (χ4n) is 2.29. The van der Waals surface area contributed by atoms with Crippen molar-refractivity contribution < 1.29 is 13.9 Å². The SMILES string of the molecule is COCCCNCc1ccc(F)c(N2CCOCC2)c1. The van der Waals surface area contributed by atoms with Gasteiger partial charge in [0, 0.05) is 33.4 Å². The summed E-state index contributed by atoms with van der Waals surface area (Å²) >= 11 is 0. The Balaban J connectivity index is 1.90. The van der Waals surface area contributed by atoms with E-state index in [1.54, 1.807) is 13.2 Å². The van der Waals surface area contributed by atoms with Crippen LogP contribution in [0.5, 0.6) is 0 Å². The van der Waals surface area contributed by atoms with E-state index in [9.17, 15) is 4.39 Å². The third-order valence-electron chi connectivity index (χ3n) is 3.39. The van der Waals surface area contributed by atoms with Crippen LogP contribution < -0.4 is 10.2 Å². The van der Waals surface area contributed by atoms with Crippen LogP contribution in [-0.4, -0.2) is 46.6 Å². The van der Waals surface area contributed by atoms with E-state index in [2.05, 4.69) is 5.32 Å². The van der Waals surface area contributed by atoms with Gasteiger partial charge in [0.1, 0.15) is 5.82 Å². The highest BCUT2D eigenvalue weighted by Gasteiger charge is 2.15. The Morgan fingerprint density at radius 1 is 1.35 bits per heavy atom. The number of anilines is 1. The maximum Gasteiger partial charge on any atom is 0.146 e. The lowest BCUT2D eigenvalue weighted by Gasteiger charge is -2.29. The molecule has 0 saturated carbocycles. The van der Waals surface area contributed by atoms with E-state index in [-0.39, 0.29) is 5.82 Å². The minimum atomic E-state index is -0.157. The monoisotopic (exact) mass is 282 g/mol. The average Bonchev–Trinajstić information content (AvgIpc) is 2.49. The van der Waals surface area contributed by atoms with Crippen LogP contribution in [0, 0.1) is 5.82 Å². The van der Waals surface area contributed by atoms with Crippen molar-refractivity contribution >= 4 is 5.69 Å². The average molecular weight is 282 g/mol. The first-order valence-electron chi connectivity index (χ1n) is 7.12. The summed E-state index contributed by atoms with van der Waals surface area (Å²) in [4.78, 5) is 2.05. The lowest BCUT2D eigenvalue weighted by atomic mass is 10.1. The number of morpholine rings is 1. The van der Waals surface area contributed by atoms with E-state index >= 15 is 0 Å². The molecule has 1 N–H and O–H groups in total. The number of methoxy groups -OCH3 is 1. The fraction of sp³-hybridized carbons (Fsp3) is 0.600. The number of hydrogen-bond acceptors (Lipinski definition) is 4. The standard InChI is InChI=1S/C15H23FN2O2/c1-19-8-2-5-17-12-13-3-4-14(16)15(11-13)18-6-9-20-10-7-18/h3-4,11,17H,2,5-10,12H2,1H3. The molecule has 0 atom stereocenters. The van der Waals surface area contributed by atoms with Gasteiger partial charge in [-0.15, -0.1) is 0 Å². The Kier molecular flexibility index (Phi) is 6.24. The van der Waals surface area contributed by atoms with E-state index in [0.29, 0.717) is 18.9 Å². The zero-order valence-corrected chi connectivity index (χ0v) is 12.0. The number of nitrogens with one attached hydrogen (secondary N) is 1. The van der Waals surface area contributed by atoms with Crippen molar-refractivity contribution in [3.63, 3.8) is 0 Å². The molecule has 0 radical (unpaired) electrons. The van der Waals surface area contributed by atoms with E-state index in [1.165, 1.54) is 0 Å². The van der Waals surface area contributed by atoms with Gasteiger partial charge < -0.3 is 19.7 Å². The Bertz CT molecular complexity index is 409. The van der Waals surface area contributed by atoms with Crippen LogP contribution in [0.3, 0.4) is 0 Å². The number of ether oxygens (including phenoxy) is 2. The molecule has 2 rings (SSSR count). The van der Waals surface area contributed by atoms with Crippen LogP contribution in [0.25, 0.3) is 0 Å². The Morgan fingerprint density at radius 3 is 2.90 bits per heavy atom. The van der Waals surface area contributed by atoms with E-state index < -0.39 is 0 Å². The second-order valence-electron chi connectivity index (χ2n) is 4.91. The number of benzene rings is 1. The molecular formula is C15H23FN2O2. The molecule has 0 aromatic heterocycles. The molecule has 0 aliphatic carbocycles. The van der Waals surface area contributed by atoms with Crippen LogP contribution >= 0.6 is 0 Å². The van der Waals surface area contributed by atoms with E-state index in [1.807, 2.05) is 17.0 Å². The predicted molar refractivity (Wildman–Crippen MR) is 77.6 cm³/mol. The molecule has 20 heavy (non-hydrogen) atoms. The first-order valence-corrected chi connectivity index (χ1v) is 7.12. The van der Waals surface area contributed by atoms with Gasteiger partial charge in [-0.1, -0.05) is 6.07 Å². The molecule has 1 fully saturated rings. The third kappa shape index (κ3) is 4.44. The number of nitrogens with zero attached hydrogens (tertiary/aromatic N) is 1. The summed E-state index contributed by atoms with van der Waals surface area (Å²) in [5.74, 6) is -0.157. The summed E-state index contributed by atoms with van der Waals surface area (Å²) in [6.07, 6.45) is 0.980. The highest BCUT2D eigenvalue weighted by Crippen LogP contribution is 2.22. The van der Waals surface area contributed by atoms with Crippen molar-refractivity contribution in [2.24, 2.45) is 0 Å². The second kappa shape index (κ2) is 8.19. The highest BCUT2D eigenvalue weighted by atomic mass is 19.1. The van der Waals surface area contributed by atoms with Crippen LogP contribution in [0.1, 0.15) is 12.0 Å². The first-order chi connectivity index (χ1) is 9.81. The zero-order chi connectivity index (χ0) is 14.2. The molecule has 0 unspecified atom stereocenters. The number of halogens is 1. The molecule has 1 aliphatic rings. The minimum Gasteiger partial charge on any atom is -0.385 e. The predicted octanol–water partition coefficient (Wildman–Crippen LogP) is 1.79. The van der Waals surface area contributed by atoms with E-state index in [4.69, 9.17) is 9.47 Å². The number of rotatable bonds is 7. The second-order valence-corrected chi connectivity index (χ2v) is 4.91. The maximum absolute atomic E-state index is 13.9. The Morgan fingerprint density at radius 2 is 2.15 bits per heavy atom. The van der Waals surface area contributed by atoms with Crippen LogP contribution in [-0.2, 0) is 16.0 Å². The lowest BCUT2D eigenvalue weighted by molar-refractivity contribution is 0.122. The van der Waals surface area contributed by atoms with Gasteiger partial charge in [0.25, 0.3) is 0 Å². The van der Waals surface area contributed by atoms with Crippen molar-refractivity contribution in [3.05, 3.63) is 29.6 Å². The topological polar surface area (TPSA) is 33.7 Å². The fourth-order valence-corrected chi connectivity index (χ4v) is 2.29. The molecule has 1 saturated heterocycles. The minimum absolute atomic E-state index is 0.157. The van der Waals surface area contributed by atoms with Gasteiger partial charge in [0.15, 0.2) is 0 Å². The largest absolute Gasteiger partial charge is 0.385 e. The van der Waals surface area contributed by atoms with Crippen molar-refractivity contribution in [1.29, 1.82) is 0 Å². The summed E-state index contributed by atoms with van der Waals surface area (Å²) in [6, 6.07) is 5.32. The molecular weight excluding hydrogens is 259 g/mol. The zero-order valence-electron chi connectivity index (χ0n) is 12.0. The van der Waals surface area contributed by atoms with Gasteiger partial charge >= 0.3 is 0 Å². The van der Waals surface area contributed by atoms with Gasteiger partial charge in [0.05, 0.1) is 18.9 Å². The molecule has 0 amide bonds. The molecule has 1 aromatic rings. The quantitative estimate of drug-likeness (QED) is 0.773. The smallest absolute Gasteiger partial charge is 0.146 e. The molecule has 1 aromatic carbocycles. The summed E-state index contributed by atoms with van der Waals surface area (Å²) in [6.45, 7) is 5.25. The van der Waals surface area contributed by atoms with Crippen molar-refractivity contribution in [2.45, 2.75) is 13.0 Å². The molecule has 0 spiro atoms. The van der Waals surface area contributed by atoms with E-state index in [0.717, 1.165) is 44.8 Å². The summed E-state index contributed by atoms with van der Waals surface area (Å²) < 4.78 is 24.2. The highest BCUT2D eigenvalue weighted by molar-refractivity contribution is 5.50. The van der Waals surface area contributed by atoms with Crippen molar-refractivity contribution in [2.75, 3.05) is 51.5 Å². The molecule has 1 aliphatic heterocycles. The summed E-state index contributed by atoms with van der Waals surface area (Å²) in [7, 11) is 1.70. The van der Waals surface area contributed by atoms with Gasteiger partial charge in [-0.25, -0.2) is 4.39 Å². The first kappa shape index (κ1) is 15.2. The van der Waals surface area contributed by atoms with Gasteiger partial charge in [-0.05, 0) is 30.7 Å². The van der Waals surface area contributed by atoms with Crippen LogP contribution in [0.4, 0.5) is 10.1 Å². The normalized spacial score (nSPS) is 15.6.